The fourth-order valence-corrected chi connectivity index (χ4v) is 3.15. The third-order valence-electron chi connectivity index (χ3n) is 4.93. The molecule has 1 aromatic carbocycles. The average Bonchev–Trinajstić information content (AvgIpc) is 2.79. The minimum Gasteiger partial charge on any atom is -0.373 e. The molecule has 0 fully saturated rings. The molecule has 1 heterocycles. The van der Waals surface area contributed by atoms with E-state index in [4.69, 9.17) is 4.74 Å². The van der Waals surface area contributed by atoms with E-state index in [2.05, 4.69) is 70.8 Å². The van der Waals surface area contributed by atoms with Gasteiger partial charge in [-0.15, -0.1) is 0 Å². The highest BCUT2D eigenvalue weighted by atomic mass is 16.5. The lowest BCUT2D eigenvalue weighted by Crippen LogP contribution is -2.28. The molecule has 5 heteroatoms. The molecule has 5 nitrogen and oxygen atoms in total. The van der Waals surface area contributed by atoms with E-state index in [-0.39, 0.29) is 5.91 Å². The number of hydrogen-bond donors (Lipinski definition) is 1. The monoisotopic (exact) mass is 421 g/mol. The van der Waals surface area contributed by atoms with E-state index >= 15 is 0 Å². The first-order chi connectivity index (χ1) is 15.0. The Morgan fingerprint density at radius 3 is 2.65 bits per heavy atom. The molecule has 0 unspecified atom stereocenters. The molecule has 0 saturated heterocycles. The van der Waals surface area contributed by atoms with E-state index in [1.807, 2.05) is 38.4 Å². The van der Waals surface area contributed by atoms with Crippen LogP contribution in [0.1, 0.15) is 25.3 Å². The highest BCUT2D eigenvalue weighted by Crippen LogP contribution is 2.22. The number of carbonyl (C=O) groups excluding carboxylic acids is 1. The van der Waals surface area contributed by atoms with E-state index in [9.17, 15) is 4.79 Å². The van der Waals surface area contributed by atoms with Crippen molar-refractivity contribution in [2.45, 2.75) is 26.4 Å². The lowest BCUT2D eigenvalue weighted by Gasteiger charge is -2.28. The Morgan fingerprint density at radius 1 is 1.19 bits per heavy atom. The molecule has 166 valence electrons. The van der Waals surface area contributed by atoms with Gasteiger partial charge in [0.25, 0.3) is 0 Å². The summed E-state index contributed by atoms with van der Waals surface area (Å²) in [6.45, 7) is 3.96. The second-order valence-corrected chi connectivity index (χ2v) is 7.40. The number of rotatable bonds is 11. The average molecular weight is 422 g/mol. The Labute approximate surface area is 187 Å². The summed E-state index contributed by atoms with van der Waals surface area (Å²) in [5, 5.41) is 2.68. The first kappa shape index (κ1) is 24.2. The molecule has 1 aromatic rings. The van der Waals surface area contributed by atoms with Gasteiger partial charge in [-0.3, -0.25) is 4.79 Å². The standard InChI is InChI=1S/C26H35N3O2/c1-5-6-14-24(28(3)18-17-26(30)27-2)25-16-15-22(20-29(25)4)13-10-19-31-21-23-11-8-7-9-12-23/h6-16,20H,5,17-19,21H2,1-4H3,(H,27,30)/b13-10+,14-6-,25-24+. The number of carbonyl (C=O) groups is 1. The number of benzene rings is 1. The Bertz CT molecular complexity index is 851. The summed E-state index contributed by atoms with van der Waals surface area (Å²) in [5.41, 5.74) is 4.48. The van der Waals surface area contributed by atoms with Gasteiger partial charge in [0, 0.05) is 40.3 Å². The molecule has 0 aromatic heterocycles. The summed E-state index contributed by atoms with van der Waals surface area (Å²) in [6.07, 6.45) is 16.1. The Kier molecular flexibility index (Phi) is 10.4. The van der Waals surface area contributed by atoms with Crippen molar-refractivity contribution in [1.29, 1.82) is 0 Å². The molecular formula is C26H35N3O2. The SMILES string of the molecule is CC/C=C\C(=C1\C=CC(/C=C/COCc2ccccc2)=CN1C)N(C)CCC(=O)NC. The molecule has 0 aliphatic carbocycles. The quantitative estimate of drug-likeness (QED) is 0.538. The molecule has 1 aliphatic heterocycles. The fraction of sp³-hybridized carbons (Fsp3) is 0.346. The van der Waals surface area contributed by atoms with Gasteiger partial charge in [-0.25, -0.2) is 0 Å². The van der Waals surface area contributed by atoms with Gasteiger partial charge in [0.15, 0.2) is 0 Å². The van der Waals surface area contributed by atoms with Crippen LogP contribution in [-0.4, -0.2) is 50.0 Å². The molecule has 1 aliphatic rings. The third kappa shape index (κ3) is 8.30. The van der Waals surface area contributed by atoms with Crippen LogP contribution < -0.4 is 5.32 Å². The van der Waals surface area contributed by atoms with E-state index in [1.54, 1.807) is 7.05 Å². The lowest BCUT2D eigenvalue weighted by molar-refractivity contribution is -0.120. The number of amides is 1. The second kappa shape index (κ2) is 13.3. The zero-order valence-electron chi connectivity index (χ0n) is 19.2. The smallest absolute Gasteiger partial charge is 0.221 e. The predicted molar refractivity (Wildman–Crippen MR) is 128 cm³/mol. The minimum atomic E-state index is 0.0463. The van der Waals surface area contributed by atoms with Gasteiger partial charge in [-0.1, -0.05) is 61.6 Å². The van der Waals surface area contributed by atoms with Crippen molar-refractivity contribution in [1.82, 2.24) is 15.1 Å². The van der Waals surface area contributed by atoms with Crippen LogP contribution in [0.2, 0.25) is 0 Å². The van der Waals surface area contributed by atoms with Gasteiger partial charge in [0.1, 0.15) is 0 Å². The van der Waals surface area contributed by atoms with E-state index in [0.29, 0.717) is 26.2 Å². The Morgan fingerprint density at radius 2 is 1.97 bits per heavy atom. The van der Waals surface area contributed by atoms with Gasteiger partial charge in [-0.05, 0) is 29.7 Å². The van der Waals surface area contributed by atoms with Crippen LogP contribution >= 0.6 is 0 Å². The van der Waals surface area contributed by atoms with Crippen molar-refractivity contribution in [3.05, 3.63) is 95.5 Å². The van der Waals surface area contributed by atoms with E-state index < -0.39 is 0 Å². The summed E-state index contributed by atoms with van der Waals surface area (Å²) < 4.78 is 5.72. The molecule has 2 rings (SSSR count). The molecule has 0 radical (unpaired) electrons. The highest BCUT2D eigenvalue weighted by molar-refractivity contribution is 5.75. The summed E-state index contributed by atoms with van der Waals surface area (Å²) >= 11 is 0. The van der Waals surface area contributed by atoms with Gasteiger partial charge < -0.3 is 19.9 Å². The van der Waals surface area contributed by atoms with Crippen LogP contribution in [0, 0.1) is 0 Å². The first-order valence-corrected chi connectivity index (χ1v) is 10.8. The van der Waals surface area contributed by atoms with Crippen molar-refractivity contribution in [2.75, 3.05) is 34.3 Å². The first-order valence-electron chi connectivity index (χ1n) is 10.8. The summed E-state index contributed by atoms with van der Waals surface area (Å²) in [6, 6.07) is 10.2. The van der Waals surface area contributed by atoms with Crippen LogP contribution in [0.5, 0.6) is 0 Å². The van der Waals surface area contributed by atoms with Crippen LogP contribution in [0.25, 0.3) is 0 Å². The summed E-state index contributed by atoms with van der Waals surface area (Å²) in [5.74, 6) is 0.0463. The van der Waals surface area contributed by atoms with E-state index in [1.165, 1.54) is 5.56 Å². The number of ether oxygens (including phenoxy) is 1. The molecule has 0 bridgehead atoms. The van der Waals surface area contributed by atoms with Crippen LogP contribution in [0.15, 0.2) is 90.0 Å². The zero-order chi connectivity index (χ0) is 22.5. The number of likely N-dealkylation sites (N-methyl/N-ethyl adjacent to an activating group) is 2. The van der Waals surface area contributed by atoms with Gasteiger partial charge in [0.2, 0.25) is 5.91 Å². The normalized spacial score (nSPS) is 15.5. The maximum atomic E-state index is 11.6. The largest absolute Gasteiger partial charge is 0.373 e. The molecule has 0 spiro atoms. The molecule has 1 amide bonds. The van der Waals surface area contributed by atoms with Crippen molar-refractivity contribution in [3.63, 3.8) is 0 Å². The van der Waals surface area contributed by atoms with E-state index in [0.717, 1.165) is 23.4 Å². The molecule has 0 atom stereocenters. The van der Waals surface area contributed by atoms with Gasteiger partial charge in [0.05, 0.1) is 24.6 Å². The number of nitrogens with one attached hydrogen (secondary N) is 1. The number of nitrogens with zero attached hydrogens (tertiary/aromatic N) is 2. The van der Waals surface area contributed by atoms with Crippen molar-refractivity contribution in [2.24, 2.45) is 0 Å². The van der Waals surface area contributed by atoms with Crippen LogP contribution in [0.3, 0.4) is 0 Å². The predicted octanol–water partition coefficient (Wildman–Crippen LogP) is 4.39. The number of allylic oxidation sites excluding steroid dienone is 6. The zero-order valence-corrected chi connectivity index (χ0v) is 19.2. The maximum absolute atomic E-state index is 11.6. The number of hydrogen-bond acceptors (Lipinski definition) is 4. The second-order valence-electron chi connectivity index (χ2n) is 7.40. The van der Waals surface area contributed by atoms with Gasteiger partial charge in [-0.2, -0.15) is 0 Å². The van der Waals surface area contributed by atoms with Crippen LogP contribution in [0.4, 0.5) is 0 Å². The molecule has 31 heavy (non-hydrogen) atoms. The molecular weight excluding hydrogens is 386 g/mol. The lowest BCUT2D eigenvalue weighted by atomic mass is 10.1. The summed E-state index contributed by atoms with van der Waals surface area (Å²) in [4.78, 5) is 15.9. The maximum Gasteiger partial charge on any atom is 0.221 e. The van der Waals surface area contributed by atoms with Crippen LogP contribution in [-0.2, 0) is 16.1 Å². The van der Waals surface area contributed by atoms with Crippen molar-refractivity contribution < 1.29 is 9.53 Å². The molecule has 0 saturated carbocycles. The molecule has 1 N–H and O–H groups in total. The van der Waals surface area contributed by atoms with Crippen molar-refractivity contribution >= 4 is 5.91 Å². The fourth-order valence-electron chi connectivity index (χ4n) is 3.15. The van der Waals surface area contributed by atoms with Gasteiger partial charge >= 0.3 is 0 Å². The third-order valence-corrected chi connectivity index (χ3v) is 4.93. The Hall–Kier alpha value is -3.05. The Balaban J connectivity index is 1.99. The topological polar surface area (TPSA) is 44.8 Å². The summed E-state index contributed by atoms with van der Waals surface area (Å²) in [7, 11) is 5.74. The minimum absolute atomic E-state index is 0.0463. The highest BCUT2D eigenvalue weighted by Gasteiger charge is 2.14. The van der Waals surface area contributed by atoms with Crippen molar-refractivity contribution in [3.8, 4) is 0 Å².